The van der Waals surface area contributed by atoms with Gasteiger partial charge in [-0.15, -0.1) is 11.3 Å². The highest BCUT2D eigenvalue weighted by atomic mass is 32.1. The molecule has 1 fully saturated rings. The van der Waals surface area contributed by atoms with Crippen LogP contribution in [0.15, 0.2) is 42.5 Å². The summed E-state index contributed by atoms with van der Waals surface area (Å²) in [4.78, 5) is 23.9. The number of thiazole rings is 2. The molecule has 0 unspecified atom stereocenters. The fraction of sp³-hybridized carbons (Fsp3) is 0.250. The predicted molar refractivity (Wildman–Crippen MR) is 110 cm³/mol. The van der Waals surface area contributed by atoms with Gasteiger partial charge >= 0.3 is 5.97 Å². The number of rotatable bonds is 3. The summed E-state index contributed by atoms with van der Waals surface area (Å²) in [7, 11) is 0. The van der Waals surface area contributed by atoms with Crippen molar-refractivity contribution in [2.45, 2.75) is 19.3 Å². The van der Waals surface area contributed by atoms with E-state index < -0.39 is 5.97 Å². The molecule has 2 aromatic heterocycles. The lowest BCUT2D eigenvalue weighted by Gasteiger charge is -2.25. The summed E-state index contributed by atoms with van der Waals surface area (Å²) in [6.45, 7) is 2.14. The van der Waals surface area contributed by atoms with Crippen molar-refractivity contribution in [3.8, 4) is 5.75 Å². The zero-order valence-corrected chi connectivity index (χ0v) is 16.2. The molecule has 0 N–H and O–H groups in total. The first-order chi connectivity index (χ1) is 13.3. The molecule has 5 rings (SSSR count). The Hall–Kier alpha value is -2.51. The van der Waals surface area contributed by atoms with E-state index in [1.54, 1.807) is 17.4 Å². The Morgan fingerprint density at radius 2 is 1.74 bits per heavy atom. The van der Waals surface area contributed by atoms with Gasteiger partial charge in [-0.1, -0.05) is 23.5 Å². The molecular weight excluding hydrogens is 378 g/mol. The molecule has 5 nitrogen and oxygen atoms in total. The van der Waals surface area contributed by atoms with Gasteiger partial charge in [0.25, 0.3) is 0 Å². The minimum atomic E-state index is -0.420. The van der Waals surface area contributed by atoms with Gasteiger partial charge in [-0.25, -0.2) is 14.8 Å². The Morgan fingerprint density at radius 1 is 0.926 bits per heavy atom. The van der Waals surface area contributed by atoms with E-state index in [1.807, 2.05) is 36.4 Å². The summed E-state index contributed by atoms with van der Waals surface area (Å²) in [6, 6.07) is 13.3. The molecule has 2 aromatic carbocycles. The van der Waals surface area contributed by atoms with Gasteiger partial charge in [0.2, 0.25) is 5.01 Å². The number of hydrogen-bond acceptors (Lipinski definition) is 7. The first-order valence-electron chi connectivity index (χ1n) is 8.99. The van der Waals surface area contributed by atoms with Crippen LogP contribution >= 0.6 is 22.7 Å². The lowest BCUT2D eigenvalue weighted by molar-refractivity contribution is 0.0735. The molecule has 4 aromatic rings. The third-order valence-electron chi connectivity index (χ3n) is 4.65. The minimum absolute atomic E-state index is 0.370. The lowest BCUT2D eigenvalue weighted by Crippen LogP contribution is -2.29. The summed E-state index contributed by atoms with van der Waals surface area (Å²) in [5, 5.41) is 1.42. The van der Waals surface area contributed by atoms with Crippen molar-refractivity contribution in [1.82, 2.24) is 9.97 Å². The zero-order chi connectivity index (χ0) is 18.2. The molecule has 27 heavy (non-hydrogen) atoms. The number of ether oxygens (including phenoxy) is 1. The Morgan fingerprint density at radius 3 is 2.59 bits per heavy atom. The molecule has 1 aliphatic heterocycles. The molecule has 0 aliphatic carbocycles. The van der Waals surface area contributed by atoms with E-state index in [-0.39, 0.29) is 0 Å². The second-order valence-electron chi connectivity index (χ2n) is 6.55. The van der Waals surface area contributed by atoms with Gasteiger partial charge in [-0.2, -0.15) is 0 Å². The van der Waals surface area contributed by atoms with Crippen molar-refractivity contribution in [2.24, 2.45) is 0 Å². The molecular formula is C20H17N3O2S2. The number of hydrogen-bond donors (Lipinski definition) is 0. The Balaban J connectivity index is 1.38. The van der Waals surface area contributed by atoms with E-state index >= 15 is 0 Å². The molecule has 1 saturated heterocycles. The van der Waals surface area contributed by atoms with Gasteiger partial charge < -0.3 is 9.64 Å². The summed E-state index contributed by atoms with van der Waals surface area (Å²) < 4.78 is 7.58. The number of anilines is 1. The summed E-state index contributed by atoms with van der Waals surface area (Å²) >= 11 is 3.00. The van der Waals surface area contributed by atoms with E-state index in [9.17, 15) is 4.79 Å². The van der Waals surface area contributed by atoms with Crippen molar-refractivity contribution >= 4 is 54.2 Å². The first-order valence-corrected chi connectivity index (χ1v) is 10.6. The van der Waals surface area contributed by atoms with E-state index in [0.29, 0.717) is 10.8 Å². The highest BCUT2D eigenvalue weighted by Crippen LogP contribution is 2.33. The molecule has 0 atom stereocenters. The van der Waals surface area contributed by atoms with Gasteiger partial charge in [0, 0.05) is 19.2 Å². The smallest absolute Gasteiger partial charge is 0.372 e. The topological polar surface area (TPSA) is 55.3 Å². The Labute approximate surface area is 164 Å². The molecule has 0 spiro atoms. The van der Waals surface area contributed by atoms with Crippen LogP contribution in [0.4, 0.5) is 5.13 Å². The van der Waals surface area contributed by atoms with E-state index in [4.69, 9.17) is 9.72 Å². The number of nitrogens with zero attached hydrogens (tertiary/aromatic N) is 3. The number of fused-ring (bicyclic) bond motifs is 2. The number of carbonyl (C=O) groups is 1. The van der Waals surface area contributed by atoms with Crippen LogP contribution in [0.3, 0.4) is 0 Å². The third kappa shape index (κ3) is 3.28. The fourth-order valence-corrected chi connectivity index (χ4v) is 5.17. The van der Waals surface area contributed by atoms with Gasteiger partial charge in [0.1, 0.15) is 5.75 Å². The summed E-state index contributed by atoms with van der Waals surface area (Å²) in [6.07, 6.45) is 3.75. The van der Waals surface area contributed by atoms with Crippen molar-refractivity contribution in [3.05, 3.63) is 47.5 Å². The molecule has 0 bridgehead atoms. The minimum Gasteiger partial charge on any atom is -0.421 e. The second-order valence-corrected chi connectivity index (χ2v) is 8.59. The average molecular weight is 396 g/mol. The van der Waals surface area contributed by atoms with Crippen molar-refractivity contribution in [2.75, 3.05) is 18.0 Å². The first kappa shape index (κ1) is 16.6. The van der Waals surface area contributed by atoms with Crippen LogP contribution in [0.1, 0.15) is 29.1 Å². The number of aromatic nitrogens is 2. The maximum absolute atomic E-state index is 12.5. The number of para-hydroxylation sites is 1. The molecule has 1 aliphatic rings. The molecule has 3 heterocycles. The zero-order valence-electron chi connectivity index (χ0n) is 14.6. The van der Waals surface area contributed by atoms with Gasteiger partial charge in [-0.05, 0) is 43.5 Å². The van der Waals surface area contributed by atoms with E-state index in [0.717, 1.165) is 38.7 Å². The van der Waals surface area contributed by atoms with Crippen LogP contribution in [-0.2, 0) is 0 Å². The highest BCUT2D eigenvalue weighted by Gasteiger charge is 2.17. The fourth-order valence-electron chi connectivity index (χ4n) is 3.29. The van der Waals surface area contributed by atoms with E-state index in [1.165, 1.54) is 30.6 Å². The normalized spacial score (nSPS) is 14.7. The second kappa shape index (κ2) is 6.90. The molecule has 0 saturated carbocycles. The van der Waals surface area contributed by atoms with Crippen LogP contribution in [0, 0.1) is 0 Å². The summed E-state index contributed by atoms with van der Waals surface area (Å²) in [5.74, 6) is 0.108. The number of carbonyl (C=O) groups excluding carboxylic acids is 1. The largest absolute Gasteiger partial charge is 0.421 e. The van der Waals surface area contributed by atoms with Gasteiger partial charge in [0.15, 0.2) is 5.13 Å². The maximum atomic E-state index is 12.5. The van der Waals surface area contributed by atoms with Crippen molar-refractivity contribution in [3.63, 3.8) is 0 Å². The van der Waals surface area contributed by atoms with Crippen LogP contribution in [0.2, 0.25) is 0 Å². The molecule has 7 heteroatoms. The van der Waals surface area contributed by atoms with Crippen LogP contribution in [0.25, 0.3) is 20.4 Å². The van der Waals surface area contributed by atoms with E-state index in [2.05, 4.69) is 9.88 Å². The van der Waals surface area contributed by atoms with Crippen LogP contribution in [0.5, 0.6) is 5.75 Å². The number of esters is 1. The summed E-state index contributed by atoms with van der Waals surface area (Å²) in [5.41, 5.74) is 1.76. The predicted octanol–water partition coefficient (Wildman–Crippen LogP) is 5.12. The SMILES string of the molecule is O=C(Oc1ccc2nc(N3CCCCC3)sc2c1)c1nc2ccccc2s1. The molecule has 0 amide bonds. The lowest BCUT2D eigenvalue weighted by atomic mass is 10.1. The van der Waals surface area contributed by atoms with Crippen molar-refractivity contribution < 1.29 is 9.53 Å². The Kier molecular flexibility index (Phi) is 4.26. The maximum Gasteiger partial charge on any atom is 0.372 e. The molecule has 136 valence electrons. The quantitative estimate of drug-likeness (QED) is 0.356. The standard InChI is InChI=1S/C20H17N3O2S2/c24-19(18-21-14-6-2-3-7-16(14)26-18)25-13-8-9-15-17(12-13)27-20(22-15)23-10-4-1-5-11-23/h2-3,6-9,12H,1,4-5,10-11H2. The number of benzene rings is 2. The third-order valence-corrected chi connectivity index (χ3v) is 6.75. The number of piperidine rings is 1. The highest BCUT2D eigenvalue weighted by molar-refractivity contribution is 7.22. The Bertz CT molecular complexity index is 1100. The monoisotopic (exact) mass is 395 g/mol. The van der Waals surface area contributed by atoms with Crippen LogP contribution < -0.4 is 9.64 Å². The molecule has 0 radical (unpaired) electrons. The average Bonchev–Trinajstić information content (AvgIpc) is 3.32. The van der Waals surface area contributed by atoms with Crippen molar-refractivity contribution in [1.29, 1.82) is 0 Å². The van der Waals surface area contributed by atoms with Gasteiger partial charge in [-0.3, -0.25) is 0 Å². The van der Waals surface area contributed by atoms with Gasteiger partial charge in [0.05, 0.1) is 20.4 Å². The van der Waals surface area contributed by atoms with Crippen LogP contribution in [-0.4, -0.2) is 29.0 Å².